The number of nitrogens with one attached hydrogen (secondary N) is 1. The monoisotopic (exact) mass is 318 g/mol. The molecule has 0 spiro atoms. The van der Waals surface area contributed by atoms with Crippen molar-refractivity contribution in [3.8, 4) is 5.75 Å². The Bertz CT molecular complexity index is 689. The second-order valence-corrected chi connectivity index (χ2v) is 5.01. The Balaban J connectivity index is 1.98. The number of hydrogen-bond acceptors (Lipinski definition) is 3. The first-order chi connectivity index (χ1) is 10.5. The van der Waals surface area contributed by atoms with E-state index in [0.29, 0.717) is 16.5 Å². The van der Waals surface area contributed by atoms with Crippen molar-refractivity contribution >= 4 is 29.1 Å². The molecule has 0 aromatic heterocycles. The van der Waals surface area contributed by atoms with Crippen molar-refractivity contribution in [3.05, 3.63) is 59.1 Å². The van der Waals surface area contributed by atoms with Gasteiger partial charge in [-0.15, -0.1) is 0 Å². The number of primary amides is 1. The van der Waals surface area contributed by atoms with Gasteiger partial charge in [0.15, 0.2) is 6.61 Å². The van der Waals surface area contributed by atoms with Crippen LogP contribution in [0.15, 0.2) is 48.5 Å². The maximum absolute atomic E-state index is 12.0. The van der Waals surface area contributed by atoms with Crippen molar-refractivity contribution < 1.29 is 14.3 Å². The predicted molar refractivity (Wildman–Crippen MR) is 84.9 cm³/mol. The summed E-state index contributed by atoms with van der Waals surface area (Å²) in [5.41, 5.74) is 6.33. The number of nitrogens with two attached hydrogens (primary N) is 1. The van der Waals surface area contributed by atoms with E-state index in [2.05, 4.69) is 5.32 Å². The zero-order chi connectivity index (χ0) is 15.9. The van der Waals surface area contributed by atoms with E-state index in [1.54, 1.807) is 36.4 Å². The van der Waals surface area contributed by atoms with Gasteiger partial charge in [-0.3, -0.25) is 9.59 Å². The first-order valence-electron chi connectivity index (χ1n) is 6.59. The zero-order valence-electron chi connectivity index (χ0n) is 11.7. The van der Waals surface area contributed by atoms with Crippen LogP contribution in [0.4, 0.5) is 5.69 Å². The third kappa shape index (κ3) is 4.79. The molecule has 3 N–H and O–H groups in total. The molecular formula is C16H15ClN2O3. The fourth-order valence-corrected chi connectivity index (χ4v) is 2.04. The third-order valence-electron chi connectivity index (χ3n) is 2.81. The van der Waals surface area contributed by atoms with E-state index in [-0.39, 0.29) is 18.9 Å². The molecule has 0 radical (unpaired) electrons. The van der Waals surface area contributed by atoms with Crippen molar-refractivity contribution in [2.75, 3.05) is 11.9 Å². The lowest BCUT2D eigenvalue weighted by atomic mass is 10.1. The van der Waals surface area contributed by atoms with Crippen molar-refractivity contribution in [1.29, 1.82) is 0 Å². The van der Waals surface area contributed by atoms with Gasteiger partial charge in [0, 0.05) is 16.8 Å². The smallest absolute Gasteiger partial charge is 0.255 e. The largest absolute Gasteiger partial charge is 0.484 e. The Morgan fingerprint density at radius 1 is 1.14 bits per heavy atom. The lowest BCUT2D eigenvalue weighted by Crippen LogP contribution is -2.20. The molecule has 0 saturated carbocycles. The van der Waals surface area contributed by atoms with Crippen LogP contribution in [0.25, 0.3) is 0 Å². The Morgan fingerprint density at radius 3 is 2.64 bits per heavy atom. The molecule has 0 aliphatic rings. The summed E-state index contributed by atoms with van der Waals surface area (Å²) in [5.74, 6) is -0.303. The van der Waals surface area contributed by atoms with Gasteiger partial charge in [0.2, 0.25) is 5.91 Å². The Morgan fingerprint density at radius 2 is 1.91 bits per heavy atom. The standard InChI is InChI=1S/C16H15ClN2O3/c17-14-7-2-1-4-11(14)8-16(21)19-12-5-3-6-13(9-12)22-10-15(18)20/h1-7,9H,8,10H2,(H2,18,20)(H,19,21). The van der Waals surface area contributed by atoms with E-state index in [4.69, 9.17) is 22.1 Å². The molecule has 114 valence electrons. The maximum Gasteiger partial charge on any atom is 0.255 e. The van der Waals surface area contributed by atoms with Gasteiger partial charge in [-0.25, -0.2) is 0 Å². The number of benzene rings is 2. The SMILES string of the molecule is NC(=O)COc1cccc(NC(=O)Cc2ccccc2Cl)c1. The molecule has 0 aliphatic heterocycles. The summed E-state index contributed by atoms with van der Waals surface area (Å²) >= 11 is 6.02. The zero-order valence-corrected chi connectivity index (χ0v) is 12.5. The maximum atomic E-state index is 12.0. The highest BCUT2D eigenvalue weighted by Gasteiger charge is 2.07. The number of carbonyl (C=O) groups is 2. The molecule has 0 atom stereocenters. The molecule has 0 saturated heterocycles. The Hall–Kier alpha value is -2.53. The highest BCUT2D eigenvalue weighted by Crippen LogP contribution is 2.19. The lowest BCUT2D eigenvalue weighted by molar-refractivity contribution is -0.120. The van der Waals surface area contributed by atoms with Gasteiger partial charge in [0.25, 0.3) is 5.91 Å². The fraction of sp³-hybridized carbons (Fsp3) is 0.125. The molecule has 0 heterocycles. The van der Waals surface area contributed by atoms with Crippen molar-refractivity contribution in [2.24, 2.45) is 5.73 Å². The van der Waals surface area contributed by atoms with Crippen LogP contribution in [-0.4, -0.2) is 18.4 Å². The molecule has 2 amide bonds. The fourth-order valence-electron chi connectivity index (χ4n) is 1.84. The van der Waals surface area contributed by atoms with E-state index in [1.807, 2.05) is 12.1 Å². The van der Waals surface area contributed by atoms with Crippen molar-refractivity contribution in [2.45, 2.75) is 6.42 Å². The van der Waals surface area contributed by atoms with Gasteiger partial charge in [-0.1, -0.05) is 35.9 Å². The number of carbonyl (C=O) groups excluding carboxylic acids is 2. The van der Waals surface area contributed by atoms with Gasteiger partial charge in [0.05, 0.1) is 6.42 Å². The molecule has 22 heavy (non-hydrogen) atoms. The molecule has 2 aromatic rings. The normalized spacial score (nSPS) is 10.0. The second kappa shape index (κ2) is 7.47. The van der Waals surface area contributed by atoms with Crippen LogP contribution in [0.1, 0.15) is 5.56 Å². The summed E-state index contributed by atoms with van der Waals surface area (Å²) in [7, 11) is 0. The van der Waals surface area contributed by atoms with Crippen molar-refractivity contribution in [1.82, 2.24) is 0 Å². The van der Waals surface area contributed by atoms with Crippen LogP contribution in [0, 0.1) is 0 Å². The summed E-state index contributed by atoms with van der Waals surface area (Å²) in [4.78, 5) is 22.7. The average molecular weight is 319 g/mol. The summed E-state index contributed by atoms with van der Waals surface area (Å²) in [6, 6.07) is 13.9. The summed E-state index contributed by atoms with van der Waals surface area (Å²) in [5, 5.41) is 3.30. The van der Waals surface area contributed by atoms with Crippen molar-refractivity contribution in [3.63, 3.8) is 0 Å². The van der Waals surface area contributed by atoms with Crippen LogP contribution in [0.2, 0.25) is 5.02 Å². The number of amides is 2. The Labute approximate surface area is 133 Å². The number of halogens is 1. The molecule has 2 aromatic carbocycles. The average Bonchev–Trinajstić information content (AvgIpc) is 2.48. The molecular weight excluding hydrogens is 304 g/mol. The van der Waals surface area contributed by atoms with E-state index in [1.165, 1.54) is 0 Å². The molecule has 0 fully saturated rings. The highest BCUT2D eigenvalue weighted by molar-refractivity contribution is 6.31. The minimum Gasteiger partial charge on any atom is -0.484 e. The molecule has 0 bridgehead atoms. The van der Waals surface area contributed by atoms with Crippen LogP contribution in [-0.2, 0) is 16.0 Å². The molecule has 0 aliphatic carbocycles. The minimum atomic E-state index is -0.562. The molecule has 0 unspecified atom stereocenters. The van der Waals surface area contributed by atoms with Gasteiger partial charge in [-0.2, -0.15) is 0 Å². The Kier molecular flexibility index (Phi) is 5.38. The number of rotatable bonds is 6. The van der Waals surface area contributed by atoms with Gasteiger partial charge in [0.1, 0.15) is 5.75 Å². The first-order valence-corrected chi connectivity index (χ1v) is 6.97. The molecule has 2 rings (SSSR count). The first kappa shape index (κ1) is 15.9. The van der Waals surface area contributed by atoms with Crippen LogP contribution < -0.4 is 15.8 Å². The van der Waals surface area contributed by atoms with Gasteiger partial charge in [-0.05, 0) is 23.8 Å². The number of hydrogen-bond donors (Lipinski definition) is 2. The van der Waals surface area contributed by atoms with E-state index in [9.17, 15) is 9.59 Å². The quantitative estimate of drug-likeness (QED) is 0.858. The van der Waals surface area contributed by atoms with E-state index >= 15 is 0 Å². The summed E-state index contributed by atoms with van der Waals surface area (Å²) in [6.07, 6.45) is 0.173. The van der Waals surface area contributed by atoms with Gasteiger partial charge < -0.3 is 15.8 Å². The number of anilines is 1. The van der Waals surface area contributed by atoms with Crippen LogP contribution in [0.5, 0.6) is 5.75 Å². The lowest BCUT2D eigenvalue weighted by Gasteiger charge is -2.09. The molecule has 6 heteroatoms. The number of ether oxygens (including phenoxy) is 1. The topological polar surface area (TPSA) is 81.4 Å². The van der Waals surface area contributed by atoms with Gasteiger partial charge >= 0.3 is 0 Å². The second-order valence-electron chi connectivity index (χ2n) is 4.60. The predicted octanol–water partition coefficient (Wildman–Crippen LogP) is 2.39. The van der Waals surface area contributed by atoms with Crippen LogP contribution >= 0.6 is 11.6 Å². The van der Waals surface area contributed by atoms with E-state index < -0.39 is 5.91 Å². The summed E-state index contributed by atoms with van der Waals surface area (Å²) < 4.78 is 5.18. The van der Waals surface area contributed by atoms with E-state index in [0.717, 1.165) is 5.56 Å². The summed E-state index contributed by atoms with van der Waals surface area (Å²) in [6.45, 7) is -0.211. The van der Waals surface area contributed by atoms with Crippen LogP contribution in [0.3, 0.4) is 0 Å². The highest BCUT2D eigenvalue weighted by atomic mass is 35.5. The molecule has 5 nitrogen and oxygen atoms in total. The third-order valence-corrected chi connectivity index (χ3v) is 3.18. The minimum absolute atomic E-state index is 0.173.